The van der Waals surface area contributed by atoms with Gasteiger partial charge in [0.15, 0.2) is 0 Å². The van der Waals surface area contributed by atoms with Crippen LogP contribution in [0.4, 0.5) is 5.69 Å². The largest absolute Gasteiger partial charge is 0.308 e. The molecule has 1 aromatic rings. The molecule has 0 aromatic heterocycles. The lowest BCUT2D eigenvalue weighted by Crippen LogP contribution is -2.51. The molecular formula is C18H25NO. The highest BCUT2D eigenvalue weighted by Gasteiger charge is 2.51. The number of carbonyl (C=O) groups excluding carboxylic acids is 1. The van der Waals surface area contributed by atoms with Crippen molar-refractivity contribution in [3.05, 3.63) is 29.8 Å². The summed E-state index contributed by atoms with van der Waals surface area (Å²) in [5.41, 5.74) is 2.36. The van der Waals surface area contributed by atoms with Gasteiger partial charge in [0, 0.05) is 22.6 Å². The minimum Gasteiger partial charge on any atom is -0.308 e. The number of nitrogens with zero attached hydrogens (tertiary/aromatic N) is 1. The maximum absolute atomic E-state index is 13.0. The molecule has 1 heterocycles. The molecule has 1 amide bonds. The topological polar surface area (TPSA) is 20.3 Å². The standard InChI is InChI=1S/C18H25NO/c1-17(2,3)16(20)19-14-10-6-5-9-13(14)18(4)12-8-7-11-15(18)19/h5-6,9-10,15H,7-8,11-12H2,1-4H3. The summed E-state index contributed by atoms with van der Waals surface area (Å²) in [7, 11) is 0. The molecule has 2 unspecified atom stereocenters. The highest BCUT2D eigenvalue weighted by molar-refractivity contribution is 6.00. The summed E-state index contributed by atoms with van der Waals surface area (Å²) >= 11 is 0. The molecule has 1 fully saturated rings. The van der Waals surface area contributed by atoms with E-state index in [0.29, 0.717) is 6.04 Å². The fraction of sp³-hybridized carbons (Fsp3) is 0.611. The van der Waals surface area contributed by atoms with Gasteiger partial charge in [0.25, 0.3) is 0 Å². The van der Waals surface area contributed by atoms with E-state index in [1.165, 1.54) is 24.8 Å². The first-order valence-corrected chi connectivity index (χ1v) is 7.79. The molecule has 2 nitrogen and oxygen atoms in total. The maximum atomic E-state index is 13.0. The van der Waals surface area contributed by atoms with Crippen LogP contribution in [0.2, 0.25) is 0 Å². The molecule has 2 aliphatic rings. The number of benzene rings is 1. The Morgan fingerprint density at radius 1 is 1.25 bits per heavy atom. The van der Waals surface area contributed by atoms with E-state index in [4.69, 9.17) is 0 Å². The van der Waals surface area contributed by atoms with Crippen LogP contribution in [0, 0.1) is 5.41 Å². The first kappa shape index (κ1) is 13.7. The van der Waals surface area contributed by atoms with Gasteiger partial charge in [-0.25, -0.2) is 0 Å². The number of para-hydroxylation sites is 1. The number of hydrogen-bond acceptors (Lipinski definition) is 1. The van der Waals surface area contributed by atoms with E-state index in [9.17, 15) is 4.79 Å². The fourth-order valence-corrected chi connectivity index (χ4v) is 3.99. The first-order chi connectivity index (χ1) is 9.36. The predicted molar refractivity (Wildman–Crippen MR) is 83.0 cm³/mol. The molecule has 3 rings (SSSR count). The molecule has 0 bridgehead atoms. The third-order valence-electron chi connectivity index (χ3n) is 5.11. The van der Waals surface area contributed by atoms with E-state index in [0.717, 1.165) is 12.1 Å². The van der Waals surface area contributed by atoms with Gasteiger partial charge in [-0.3, -0.25) is 4.79 Å². The first-order valence-electron chi connectivity index (χ1n) is 7.79. The third-order valence-corrected chi connectivity index (χ3v) is 5.11. The lowest BCUT2D eigenvalue weighted by Gasteiger charge is -2.41. The third kappa shape index (κ3) is 1.81. The van der Waals surface area contributed by atoms with E-state index in [2.05, 4.69) is 36.1 Å². The summed E-state index contributed by atoms with van der Waals surface area (Å²) < 4.78 is 0. The molecule has 0 N–H and O–H groups in total. The lowest BCUT2D eigenvalue weighted by molar-refractivity contribution is -0.126. The molecule has 108 valence electrons. The van der Waals surface area contributed by atoms with Crippen LogP contribution < -0.4 is 4.90 Å². The Hall–Kier alpha value is -1.31. The monoisotopic (exact) mass is 271 g/mol. The maximum Gasteiger partial charge on any atom is 0.232 e. The molecule has 2 heteroatoms. The summed E-state index contributed by atoms with van der Waals surface area (Å²) in [4.78, 5) is 15.1. The fourth-order valence-electron chi connectivity index (χ4n) is 3.99. The molecule has 1 aliphatic heterocycles. The molecule has 0 spiro atoms. The second-order valence-electron chi connectivity index (χ2n) is 7.62. The summed E-state index contributed by atoms with van der Waals surface area (Å²) in [6.07, 6.45) is 4.84. The highest BCUT2D eigenvalue weighted by atomic mass is 16.2. The zero-order valence-corrected chi connectivity index (χ0v) is 13.1. The Labute approximate surface area is 122 Å². The van der Waals surface area contributed by atoms with Crippen LogP contribution in [0.5, 0.6) is 0 Å². The van der Waals surface area contributed by atoms with E-state index in [-0.39, 0.29) is 16.7 Å². The van der Waals surface area contributed by atoms with Crippen molar-refractivity contribution in [1.29, 1.82) is 0 Å². The minimum absolute atomic E-state index is 0.149. The number of anilines is 1. The van der Waals surface area contributed by atoms with Gasteiger partial charge in [-0.15, -0.1) is 0 Å². The van der Waals surface area contributed by atoms with Crippen molar-refractivity contribution in [2.75, 3.05) is 4.90 Å². The van der Waals surface area contributed by atoms with Gasteiger partial charge in [-0.05, 0) is 24.5 Å². The Morgan fingerprint density at radius 3 is 2.65 bits per heavy atom. The van der Waals surface area contributed by atoms with Crippen molar-refractivity contribution >= 4 is 11.6 Å². The molecule has 20 heavy (non-hydrogen) atoms. The Morgan fingerprint density at radius 2 is 1.95 bits per heavy atom. The van der Waals surface area contributed by atoms with Crippen LogP contribution in [0.15, 0.2) is 24.3 Å². The summed E-state index contributed by atoms with van der Waals surface area (Å²) in [5, 5.41) is 0. The average Bonchev–Trinajstić information content (AvgIpc) is 2.66. The van der Waals surface area contributed by atoms with E-state index in [1.807, 2.05) is 20.8 Å². The van der Waals surface area contributed by atoms with Crippen LogP contribution >= 0.6 is 0 Å². The SMILES string of the molecule is CC(C)(C)C(=O)N1c2ccccc2C2(C)CCCCC12. The number of fused-ring (bicyclic) bond motifs is 3. The molecule has 2 atom stereocenters. The van der Waals surface area contributed by atoms with Gasteiger partial charge in [0.05, 0.1) is 0 Å². The van der Waals surface area contributed by atoms with Crippen molar-refractivity contribution in [1.82, 2.24) is 0 Å². The van der Waals surface area contributed by atoms with Gasteiger partial charge in [0.1, 0.15) is 0 Å². The van der Waals surface area contributed by atoms with E-state index < -0.39 is 0 Å². The van der Waals surface area contributed by atoms with E-state index in [1.54, 1.807) is 0 Å². The Kier molecular flexibility index (Phi) is 2.97. The predicted octanol–water partition coefficient (Wildman–Crippen LogP) is 4.28. The zero-order chi connectivity index (χ0) is 14.5. The summed E-state index contributed by atoms with van der Waals surface area (Å²) in [6, 6.07) is 8.87. The molecule has 1 saturated carbocycles. The van der Waals surface area contributed by atoms with Crippen molar-refractivity contribution < 1.29 is 4.79 Å². The Balaban J connectivity index is 2.13. The number of hydrogen-bond donors (Lipinski definition) is 0. The van der Waals surface area contributed by atoms with Crippen molar-refractivity contribution in [2.24, 2.45) is 5.41 Å². The van der Waals surface area contributed by atoms with Crippen LogP contribution in [0.25, 0.3) is 0 Å². The molecule has 0 saturated heterocycles. The number of rotatable bonds is 0. The number of amides is 1. The smallest absolute Gasteiger partial charge is 0.232 e. The zero-order valence-electron chi connectivity index (χ0n) is 13.1. The summed E-state index contributed by atoms with van der Waals surface area (Å²) in [5.74, 6) is 0.264. The minimum atomic E-state index is -0.324. The van der Waals surface area contributed by atoms with Crippen LogP contribution in [-0.2, 0) is 10.2 Å². The van der Waals surface area contributed by atoms with Gasteiger partial charge < -0.3 is 4.90 Å². The highest BCUT2D eigenvalue weighted by Crippen LogP contribution is 2.52. The van der Waals surface area contributed by atoms with Crippen LogP contribution in [0.3, 0.4) is 0 Å². The van der Waals surface area contributed by atoms with Crippen LogP contribution in [0.1, 0.15) is 58.9 Å². The normalized spacial score (nSPS) is 29.0. The second kappa shape index (κ2) is 4.34. The van der Waals surface area contributed by atoms with E-state index >= 15 is 0 Å². The quantitative estimate of drug-likeness (QED) is 0.689. The second-order valence-corrected chi connectivity index (χ2v) is 7.62. The van der Waals surface area contributed by atoms with Gasteiger partial charge in [0.2, 0.25) is 5.91 Å². The van der Waals surface area contributed by atoms with Crippen molar-refractivity contribution in [2.45, 2.75) is 64.8 Å². The Bertz CT molecular complexity index is 543. The molecule has 1 aliphatic carbocycles. The van der Waals surface area contributed by atoms with Crippen molar-refractivity contribution in [3.63, 3.8) is 0 Å². The molecule has 1 aromatic carbocycles. The summed E-state index contributed by atoms with van der Waals surface area (Å²) in [6.45, 7) is 8.43. The average molecular weight is 271 g/mol. The number of carbonyl (C=O) groups is 1. The van der Waals surface area contributed by atoms with Crippen LogP contribution in [-0.4, -0.2) is 11.9 Å². The lowest BCUT2D eigenvalue weighted by atomic mass is 9.69. The van der Waals surface area contributed by atoms with Gasteiger partial charge in [-0.1, -0.05) is 58.7 Å². The van der Waals surface area contributed by atoms with Crippen molar-refractivity contribution in [3.8, 4) is 0 Å². The van der Waals surface area contributed by atoms with Gasteiger partial charge in [-0.2, -0.15) is 0 Å². The molecular weight excluding hydrogens is 246 g/mol. The van der Waals surface area contributed by atoms with Gasteiger partial charge >= 0.3 is 0 Å². The molecule has 0 radical (unpaired) electrons.